The van der Waals surface area contributed by atoms with E-state index in [2.05, 4.69) is 91.6 Å². The van der Waals surface area contributed by atoms with Crippen molar-refractivity contribution in [3.05, 3.63) is 52.8 Å². The van der Waals surface area contributed by atoms with E-state index in [4.69, 9.17) is 0 Å². The second kappa shape index (κ2) is 10.2. The van der Waals surface area contributed by atoms with Crippen LogP contribution < -0.4 is 5.32 Å². The molecule has 2 aromatic rings. The molecule has 1 aromatic carbocycles. The number of allylic oxidation sites excluding steroid dienone is 1. The summed E-state index contributed by atoms with van der Waals surface area (Å²) in [5.41, 5.74) is 5.44. The Morgan fingerprint density at radius 2 is 1.82 bits per heavy atom. The number of nitrogens with one attached hydrogen (secondary N) is 2. The molecule has 0 bridgehead atoms. The molecule has 1 aromatic heterocycles. The van der Waals surface area contributed by atoms with Gasteiger partial charge in [-0.25, -0.2) is 0 Å². The highest BCUT2D eigenvalue weighted by molar-refractivity contribution is 5.66. The predicted octanol–water partition coefficient (Wildman–Crippen LogP) is 6.52. The molecule has 0 spiro atoms. The van der Waals surface area contributed by atoms with E-state index in [1.807, 2.05) is 6.07 Å². The highest BCUT2D eigenvalue weighted by atomic mass is 15.2. The van der Waals surface area contributed by atoms with Crippen LogP contribution in [0.3, 0.4) is 0 Å². The standard InChI is InChI=1S/C23H35N5/c1-7-10-16-24-20(17-14-12-11-13-15-17)19(9-3)25-27-22-18(8-2)21(26-28-22)23(4,5)6/h11-15,24H,7-10,16H2,1-6H3,(H,26,28)/b20-19-,27-25+. The van der Waals surface area contributed by atoms with E-state index in [0.29, 0.717) is 5.82 Å². The van der Waals surface area contributed by atoms with E-state index in [1.54, 1.807) is 0 Å². The number of hydrogen-bond acceptors (Lipinski definition) is 4. The molecule has 0 radical (unpaired) electrons. The van der Waals surface area contributed by atoms with Gasteiger partial charge >= 0.3 is 0 Å². The Hall–Kier alpha value is -2.43. The maximum Gasteiger partial charge on any atom is 0.198 e. The summed E-state index contributed by atoms with van der Waals surface area (Å²) in [5, 5.41) is 20.4. The van der Waals surface area contributed by atoms with Gasteiger partial charge in [-0.15, -0.1) is 5.11 Å². The molecule has 0 aliphatic carbocycles. The van der Waals surface area contributed by atoms with Gasteiger partial charge in [-0.05, 0) is 24.8 Å². The van der Waals surface area contributed by atoms with Crippen LogP contribution in [0, 0.1) is 0 Å². The van der Waals surface area contributed by atoms with Crippen LogP contribution in [0.15, 0.2) is 46.3 Å². The summed E-state index contributed by atoms with van der Waals surface area (Å²) >= 11 is 0. The first-order chi connectivity index (χ1) is 13.4. The fraction of sp³-hybridized carbons (Fsp3) is 0.522. The van der Waals surface area contributed by atoms with Crippen molar-refractivity contribution >= 4 is 11.5 Å². The smallest absolute Gasteiger partial charge is 0.198 e. The molecule has 2 rings (SSSR count). The van der Waals surface area contributed by atoms with Gasteiger partial charge in [0.15, 0.2) is 5.82 Å². The minimum absolute atomic E-state index is 0.00639. The third-order valence-corrected chi connectivity index (χ3v) is 4.73. The lowest BCUT2D eigenvalue weighted by Crippen LogP contribution is -2.15. The van der Waals surface area contributed by atoms with E-state index in [-0.39, 0.29) is 5.41 Å². The fourth-order valence-corrected chi connectivity index (χ4v) is 3.16. The number of aromatic amines is 1. The summed E-state index contributed by atoms with van der Waals surface area (Å²) < 4.78 is 0. The van der Waals surface area contributed by atoms with Crippen LogP contribution in [0.5, 0.6) is 0 Å². The lowest BCUT2D eigenvalue weighted by molar-refractivity contribution is 0.561. The van der Waals surface area contributed by atoms with Gasteiger partial charge in [-0.1, -0.05) is 78.3 Å². The molecule has 1 heterocycles. The largest absolute Gasteiger partial charge is 0.383 e. The zero-order valence-corrected chi connectivity index (χ0v) is 18.3. The van der Waals surface area contributed by atoms with Gasteiger partial charge in [-0.2, -0.15) is 10.2 Å². The zero-order valence-electron chi connectivity index (χ0n) is 18.3. The second-order valence-corrected chi connectivity index (χ2v) is 8.03. The number of unbranched alkanes of at least 4 members (excludes halogenated alkanes) is 1. The van der Waals surface area contributed by atoms with E-state index < -0.39 is 0 Å². The summed E-state index contributed by atoms with van der Waals surface area (Å²) in [5.74, 6) is 0.694. The van der Waals surface area contributed by atoms with Crippen LogP contribution in [0.25, 0.3) is 5.70 Å². The molecule has 0 atom stereocenters. The molecule has 0 saturated heterocycles. The Bertz CT molecular complexity index is 794. The second-order valence-electron chi connectivity index (χ2n) is 8.03. The number of hydrogen-bond donors (Lipinski definition) is 2. The molecule has 2 N–H and O–H groups in total. The van der Waals surface area contributed by atoms with Crippen LogP contribution >= 0.6 is 0 Å². The van der Waals surface area contributed by atoms with Crippen LogP contribution in [-0.4, -0.2) is 16.7 Å². The van der Waals surface area contributed by atoms with Crippen molar-refractivity contribution in [3.63, 3.8) is 0 Å². The van der Waals surface area contributed by atoms with E-state index >= 15 is 0 Å². The van der Waals surface area contributed by atoms with Crippen LogP contribution in [-0.2, 0) is 11.8 Å². The average molecular weight is 382 g/mol. The Kier molecular flexibility index (Phi) is 7.97. The Labute approximate surface area is 169 Å². The van der Waals surface area contributed by atoms with Gasteiger partial charge in [0.25, 0.3) is 0 Å². The molecule has 28 heavy (non-hydrogen) atoms. The van der Waals surface area contributed by atoms with Gasteiger partial charge in [0.1, 0.15) is 0 Å². The molecule has 0 saturated carbocycles. The van der Waals surface area contributed by atoms with Crippen LogP contribution in [0.2, 0.25) is 0 Å². The van der Waals surface area contributed by atoms with Crippen molar-refractivity contribution in [2.75, 3.05) is 6.54 Å². The molecular formula is C23H35N5. The summed E-state index contributed by atoms with van der Waals surface area (Å²) in [6, 6.07) is 10.4. The van der Waals surface area contributed by atoms with Crippen molar-refractivity contribution < 1.29 is 0 Å². The van der Waals surface area contributed by atoms with Crippen molar-refractivity contribution in [3.8, 4) is 0 Å². The summed E-state index contributed by atoms with van der Waals surface area (Å²) in [6.45, 7) is 13.9. The van der Waals surface area contributed by atoms with Crippen molar-refractivity contribution in [2.45, 2.75) is 72.6 Å². The fourth-order valence-electron chi connectivity index (χ4n) is 3.16. The lowest BCUT2D eigenvalue weighted by atomic mass is 9.88. The number of nitrogens with zero attached hydrogens (tertiary/aromatic N) is 3. The molecule has 5 heteroatoms. The number of H-pyrrole nitrogens is 1. The van der Waals surface area contributed by atoms with E-state index in [0.717, 1.165) is 60.4 Å². The Morgan fingerprint density at radius 3 is 2.39 bits per heavy atom. The third kappa shape index (κ3) is 5.54. The monoisotopic (exact) mass is 381 g/mol. The summed E-state index contributed by atoms with van der Waals surface area (Å²) in [6.07, 6.45) is 3.95. The van der Waals surface area contributed by atoms with Gasteiger partial charge < -0.3 is 5.32 Å². The van der Waals surface area contributed by atoms with Gasteiger partial charge in [0, 0.05) is 23.2 Å². The van der Waals surface area contributed by atoms with Gasteiger partial charge in [0.05, 0.1) is 11.4 Å². The van der Waals surface area contributed by atoms with Crippen molar-refractivity contribution in [1.29, 1.82) is 0 Å². The predicted molar refractivity (Wildman–Crippen MR) is 118 cm³/mol. The highest BCUT2D eigenvalue weighted by Gasteiger charge is 2.22. The minimum Gasteiger partial charge on any atom is -0.383 e. The Morgan fingerprint density at radius 1 is 1.11 bits per heavy atom. The van der Waals surface area contributed by atoms with Crippen molar-refractivity contribution in [1.82, 2.24) is 15.5 Å². The lowest BCUT2D eigenvalue weighted by Gasteiger charge is -2.17. The van der Waals surface area contributed by atoms with Crippen LogP contribution in [0.1, 0.15) is 77.6 Å². The van der Waals surface area contributed by atoms with E-state index in [1.165, 1.54) is 0 Å². The number of azo groups is 1. The van der Waals surface area contributed by atoms with Gasteiger partial charge in [-0.3, -0.25) is 5.10 Å². The minimum atomic E-state index is 0.00639. The molecule has 152 valence electrons. The van der Waals surface area contributed by atoms with Crippen LogP contribution in [0.4, 0.5) is 5.82 Å². The number of aromatic nitrogens is 2. The SMILES string of the molecule is CCCCN/C(=C(CC)\N=N\c1n[nH]c(C(C)(C)C)c1CC)c1ccccc1. The maximum absolute atomic E-state index is 4.63. The molecule has 0 aliphatic heterocycles. The first-order valence-electron chi connectivity index (χ1n) is 10.4. The number of rotatable bonds is 9. The highest BCUT2D eigenvalue weighted by Crippen LogP contribution is 2.31. The summed E-state index contributed by atoms with van der Waals surface area (Å²) in [7, 11) is 0. The molecule has 0 aliphatic rings. The third-order valence-electron chi connectivity index (χ3n) is 4.73. The maximum atomic E-state index is 4.63. The average Bonchev–Trinajstić information content (AvgIpc) is 3.11. The zero-order chi connectivity index (χ0) is 20.6. The summed E-state index contributed by atoms with van der Waals surface area (Å²) in [4.78, 5) is 0. The van der Waals surface area contributed by atoms with Crippen molar-refractivity contribution in [2.24, 2.45) is 10.2 Å². The first kappa shape index (κ1) is 21.9. The molecule has 5 nitrogen and oxygen atoms in total. The topological polar surface area (TPSA) is 65.4 Å². The van der Waals surface area contributed by atoms with E-state index in [9.17, 15) is 0 Å². The van der Waals surface area contributed by atoms with Gasteiger partial charge in [0.2, 0.25) is 0 Å². The normalized spacial score (nSPS) is 13.1. The Balaban J connectivity index is 2.41. The molecule has 0 amide bonds. The first-order valence-corrected chi connectivity index (χ1v) is 10.4. The molecule has 0 unspecified atom stereocenters. The molecular weight excluding hydrogens is 346 g/mol. The molecule has 0 fully saturated rings. The quantitative estimate of drug-likeness (QED) is 0.383. The number of benzene rings is 1.